The predicted octanol–water partition coefficient (Wildman–Crippen LogP) is 2.65. The number of benzene rings is 2. The number of carbonyl (C=O) groups excluding carboxylic acids is 1. The molecular weight excluding hydrogens is 298 g/mol. The van der Waals surface area contributed by atoms with Gasteiger partial charge in [-0.15, -0.1) is 0 Å². The van der Waals surface area contributed by atoms with Gasteiger partial charge in [0.2, 0.25) is 5.91 Å². The number of hydrogen-bond acceptors (Lipinski definition) is 3. The molecule has 0 bridgehead atoms. The largest absolute Gasteiger partial charge is 0.308 e. The van der Waals surface area contributed by atoms with E-state index in [0.717, 1.165) is 17.5 Å². The maximum absolute atomic E-state index is 12.5. The molecule has 116 valence electrons. The standard InChI is InChI=1S/C17H19NO3S/c1-22(20,21)13-12-17(19)18(16-10-6-3-7-11-16)14-15-8-4-2-5-9-15/h2-11H,12-14H2,1H3. The lowest BCUT2D eigenvalue weighted by Crippen LogP contribution is -2.31. The summed E-state index contributed by atoms with van der Waals surface area (Å²) in [5.41, 5.74) is 1.77. The third-order valence-corrected chi connectivity index (χ3v) is 4.18. The van der Waals surface area contributed by atoms with Crippen molar-refractivity contribution in [2.75, 3.05) is 16.9 Å². The van der Waals surface area contributed by atoms with Crippen LogP contribution in [0.15, 0.2) is 60.7 Å². The molecule has 0 saturated heterocycles. The van der Waals surface area contributed by atoms with E-state index in [2.05, 4.69) is 0 Å². The van der Waals surface area contributed by atoms with Gasteiger partial charge in [-0.05, 0) is 17.7 Å². The lowest BCUT2D eigenvalue weighted by atomic mass is 10.2. The maximum Gasteiger partial charge on any atom is 0.228 e. The van der Waals surface area contributed by atoms with Crippen molar-refractivity contribution < 1.29 is 13.2 Å². The smallest absolute Gasteiger partial charge is 0.228 e. The van der Waals surface area contributed by atoms with Crippen molar-refractivity contribution in [2.45, 2.75) is 13.0 Å². The van der Waals surface area contributed by atoms with E-state index < -0.39 is 9.84 Å². The summed E-state index contributed by atoms with van der Waals surface area (Å²) in [4.78, 5) is 14.1. The molecule has 5 heteroatoms. The molecule has 0 aliphatic heterocycles. The van der Waals surface area contributed by atoms with Crippen molar-refractivity contribution in [1.82, 2.24) is 0 Å². The minimum atomic E-state index is -3.16. The Morgan fingerprint density at radius 2 is 1.50 bits per heavy atom. The Morgan fingerprint density at radius 3 is 2.05 bits per heavy atom. The van der Waals surface area contributed by atoms with E-state index in [4.69, 9.17) is 0 Å². The van der Waals surface area contributed by atoms with Crippen LogP contribution in [0.2, 0.25) is 0 Å². The number of para-hydroxylation sites is 1. The van der Waals surface area contributed by atoms with E-state index >= 15 is 0 Å². The molecule has 0 saturated carbocycles. The molecule has 22 heavy (non-hydrogen) atoms. The number of rotatable bonds is 6. The second kappa shape index (κ2) is 7.22. The van der Waals surface area contributed by atoms with Crippen LogP contribution in [0.4, 0.5) is 5.69 Å². The van der Waals surface area contributed by atoms with Crippen molar-refractivity contribution in [3.8, 4) is 0 Å². The molecule has 1 amide bonds. The second-order valence-electron chi connectivity index (χ2n) is 5.18. The Kier molecular flexibility index (Phi) is 5.33. The Morgan fingerprint density at radius 1 is 0.955 bits per heavy atom. The molecule has 0 aromatic heterocycles. The molecule has 0 aliphatic rings. The van der Waals surface area contributed by atoms with E-state index in [1.165, 1.54) is 0 Å². The van der Waals surface area contributed by atoms with E-state index in [-0.39, 0.29) is 18.1 Å². The van der Waals surface area contributed by atoms with E-state index in [9.17, 15) is 13.2 Å². The number of nitrogens with zero attached hydrogens (tertiary/aromatic N) is 1. The van der Waals surface area contributed by atoms with Gasteiger partial charge in [0.25, 0.3) is 0 Å². The van der Waals surface area contributed by atoms with Gasteiger partial charge < -0.3 is 4.90 Å². The third kappa shape index (κ3) is 5.00. The predicted molar refractivity (Wildman–Crippen MR) is 88.4 cm³/mol. The zero-order valence-corrected chi connectivity index (χ0v) is 13.3. The van der Waals surface area contributed by atoms with Crippen LogP contribution >= 0.6 is 0 Å². The molecular formula is C17H19NO3S. The second-order valence-corrected chi connectivity index (χ2v) is 7.44. The summed E-state index contributed by atoms with van der Waals surface area (Å²) in [7, 11) is -3.16. The highest BCUT2D eigenvalue weighted by Gasteiger charge is 2.17. The number of carbonyl (C=O) groups is 1. The van der Waals surface area contributed by atoms with Gasteiger partial charge in [0, 0.05) is 18.4 Å². The summed E-state index contributed by atoms with van der Waals surface area (Å²) in [5.74, 6) is -0.329. The SMILES string of the molecule is CS(=O)(=O)CCC(=O)N(Cc1ccccc1)c1ccccc1. The van der Waals surface area contributed by atoms with Crippen LogP contribution in [0.1, 0.15) is 12.0 Å². The van der Waals surface area contributed by atoms with Gasteiger partial charge in [-0.25, -0.2) is 8.42 Å². The first-order valence-electron chi connectivity index (χ1n) is 7.03. The van der Waals surface area contributed by atoms with Gasteiger partial charge in [0.05, 0.1) is 12.3 Å². The van der Waals surface area contributed by atoms with Crippen LogP contribution in [-0.2, 0) is 21.2 Å². The van der Waals surface area contributed by atoms with Crippen molar-refractivity contribution >= 4 is 21.4 Å². The van der Waals surface area contributed by atoms with Crippen LogP contribution < -0.4 is 4.90 Å². The van der Waals surface area contributed by atoms with Crippen molar-refractivity contribution in [3.63, 3.8) is 0 Å². The summed E-state index contributed by atoms with van der Waals surface area (Å²) in [6, 6.07) is 18.9. The first kappa shape index (κ1) is 16.2. The van der Waals surface area contributed by atoms with Gasteiger partial charge in [0.1, 0.15) is 9.84 Å². The Labute approximate surface area is 131 Å². The lowest BCUT2D eigenvalue weighted by molar-refractivity contribution is -0.118. The van der Waals surface area contributed by atoms with Crippen LogP contribution in [0, 0.1) is 0 Å². The number of anilines is 1. The van der Waals surface area contributed by atoms with Crippen molar-refractivity contribution in [2.24, 2.45) is 0 Å². The number of hydrogen-bond donors (Lipinski definition) is 0. The van der Waals surface area contributed by atoms with E-state index in [1.807, 2.05) is 60.7 Å². The van der Waals surface area contributed by atoms with E-state index in [0.29, 0.717) is 6.54 Å². The van der Waals surface area contributed by atoms with Gasteiger partial charge in [-0.1, -0.05) is 48.5 Å². The summed E-state index contributed by atoms with van der Waals surface area (Å²) in [5, 5.41) is 0. The molecule has 0 radical (unpaired) electrons. The monoisotopic (exact) mass is 317 g/mol. The first-order chi connectivity index (χ1) is 10.5. The molecule has 0 N–H and O–H groups in total. The first-order valence-corrected chi connectivity index (χ1v) is 9.09. The number of sulfone groups is 1. The van der Waals surface area contributed by atoms with Gasteiger partial charge in [-0.3, -0.25) is 4.79 Å². The minimum Gasteiger partial charge on any atom is -0.308 e. The van der Waals surface area contributed by atoms with Gasteiger partial charge in [0.15, 0.2) is 0 Å². The lowest BCUT2D eigenvalue weighted by Gasteiger charge is -2.23. The normalized spacial score (nSPS) is 11.1. The van der Waals surface area contributed by atoms with E-state index in [1.54, 1.807) is 4.90 Å². The Bertz CT molecular complexity index is 712. The molecule has 0 aliphatic carbocycles. The highest BCUT2D eigenvalue weighted by Crippen LogP contribution is 2.18. The van der Waals surface area contributed by atoms with Crippen LogP contribution in [0.3, 0.4) is 0 Å². The summed E-state index contributed by atoms with van der Waals surface area (Å²) in [6.07, 6.45) is 1.13. The Balaban J connectivity index is 2.20. The van der Waals surface area contributed by atoms with Crippen LogP contribution in [0.25, 0.3) is 0 Å². The topological polar surface area (TPSA) is 54.5 Å². The fourth-order valence-corrected chi connectivity index (χ4v) is 2.65. The highest BCUT2D eigenvalue weighted by molar-refractivity contribution is 7.90. The quantitative estimate of drug-likeness (QED) is 0.823. The molecule has 0 spiro atoms. The molecule has 2 rings (SSSR count). The minimum absolute atomic E-state index is 0.0133. The molecule has 2 aromatic carbocycles. The molecule has 0 heterocycles. The molecule has 4 nitrogen and oxygen atoms in total. The zero-order chi connectivity index (χ0) is 16.0. The summed E-state index contributed by atoms with van der Waals surface area (Å²) >= 11 is 0. The molecule has 0 atom stereocenters. The van der Waals surface area contributed by atoms with Gasteiger partial charge >= 0.3 is 0 Å². The van der Waals surface area contributed by atoms with Crippen LogP contribution in [0.5, 0.6) is 0 Å². The molecule has 2 aromatic rings. The summed E-state index contributed by atoms with van der Waals surface area (Å²) < 4.78 is 22.6. The van der Waals surface area contributed by atoms with Crippen LogP contribution in [-0.4, -0.2) is 26.3 Å². The average Bonchev–Trinajstić information content (AvgIpc) is 2.51. The maximum atomic E-state index is 12.5. The van der Waals surface area contributed by atoms with Gasteiger partial charge in [-0.2, -0.15) is 0 Å². The number of amides is 1. The summed E-state index contributed by atoms with van der Waals surface area (Å²) in [6.45, 7) is 0.424. The Hall–Kier alpha value is -2.14. The van der Waals surface area contributed by atoms with Crippen molar-refractivity contribution in [3.05, 3.63) is 66.2 Å². The fraction of sp³-hybridized carbons (Fsp3) is 0.235. The van der Waals surface area contributed by atoms with Crippen molar-refractivity contribution in [1.29, 1.82) is 0 Å². The zero-order valence-electron chi connectivity index (χ0n) is 12.5. The highest BCUT2D eigenvalue weighted by atomic mass is 32.2. The average molecular weight is 317 g/mol. The third-order valence-electron chi connectivity index (χ3n) is 3.24. The fourth-order valence-electron chi connectivity index (χ4n) is 2.11. The molecule has 0 fully saturated rings. The molecule has 0 unspecified atom stereocenters.